The largest absolute Gasteiger partial charge is 0.335 e. The van der Waals surface area contributed by atoms with Gasteiger partial charge in [-0.25, -0.2) is 4.98 Å². The van der Waals surface area contributed by atoms with Crippen molar-refractivity contribution < 1.29 is 0 Å². The van der Waals surface area contributed by atoms with Crippen molar-refractivity contribution in [1.82, 2.24) is 9.55 Å². The first-order chi connectivity index (χ1) is 7.50. The molecule has 0 bridgehead atoms. The zero-order valence-corrected chi connectivity index (χ0v) is 11.5. The van der Waals surface area contributed by atoms with Gasteiger partial charge in [-0.1, -0.05) is 40.5 Å². The smallest absolute Gasteiger partial charge is 0.105 e. The van der Waals surface area contributed by atoms with Crippen molar-refractivity contribution in [3.63, 3.8) is 0 Å². The van der Waals surface area contributed by atoms with Gasteiger partial charge >= 0.3 is 0 Å². The molecule has 2 nitrogen and oxygen atoms in total. The predicted octanol–water partition coefficient (Wildman–Crippen LogP) is 4.14. The number of imidazole rings is 1. The van der Waals surface area contributed by atoms with Gasteiger partial charge < -0.3 is 4.57 Å². The molecule has 0 amide bonds. The van der Waals surface area contributed by atoms with Crippen molar-refractivity contribution in [2.75, 3.05) is 0 Å². The Labute approximate surface area is 100 Å². The van der Waals surface area contributed by atoms with Crippen LogP contribution in [0.1, 0.15) is 64.4 Å². The summed E-state index contributed by atoms with van der Waals surface area (Å²) in [6.07, 6.45) is 6.15. The Kier molecular flexibility index (Phi) is 5.04. The van der Waals surface area contributed by atoms with Crippen LogP contribution in [0.4, 0.5) is 0 Å². The quantitative estimate of drug-likeness (QED) is 0.661. The molecule has 0 fully saturated rings. The Morgan fingerprint density at radius 2 is 1.88 bits per heavy atom. The maximum absolute atomic E-state index is 4.59. The van der Waals surface area contributed by atoms with Crippen LogP contribution in [-0.4, -0.2) is 9.55 Å². The lowest BCUT2D eigenvalue weighted by Gasteiger charge is -2.06. The molecule has 0 N–H and O–H groups in total. The highest BCUT2D eigenvalue weighted by atomic mass is 15.1. The molecule has 0 radical (unpaired) electrons. The number of hydrogen-bond acceptors (Lipinski definition) is 1. The normalized spacial score (nSPS) is 11.7. The third-order valence-corrected chi connectivity index (χ3v) is 3.02. The number of aryl methyl sites for hydroxylation is 2. The molecule has 0 spiro atoms. The third kappa shape index (κ3) is 3.99. The Balaban J connectivity index is 2.41. The summed E-state index contributed by atoms with van der Waals surface area (Å²) in [5.41, 5.74) is 1.22. The molecule has 0 aromatic carbocycles. The van der Waals surface area contributed by atoms with Crippen LogP contribution >= 0.6 is 0 Å². The highest BCUT2D eigenvalue weighted by Crippen LogP contribution is 2.14. The van der Waals surface area contributed by atoms with Gasteiger partial charge in [0, 0.05) is 12.7 Å². The average molecular weight is 222 g/mol. The summed E-state index contributed by atoms with van der Waals surface area (Å²) in [5, 5.41) is 0. The number of nitrogens with zero attached hydrogens (tertiary/aromatic N) is 2. The van der Waals surface area contributed by atoms with Gasteiger partial charge in [0.2, 0.25) is 0 Å². The van der Waals surface area contributed by atoms with Gasteiger partial charge in [-0.15, -0.1) is 0 Å². The Bertz CT molecular complexity index is 311. The fourth-order valence-corrected chi connectivity index (χ4v) is 1.87. The number of rotatable bonds is 6. The first-order valence-electron chi connectivity index (χ1n) is 6.54. The molecule has 0 saturated heterocycles. The fraction of sp³-hybridized carbons (Fsp3) is 0.786. The van der Waals surface area contributed by atoms with Crippen molar-refractivity contribution in [3.05, 3.63) is 17.7 Å². The van der Waals surface area contributed by atoms with Crippen LogP contribution in [0.15, 0.2) is 6.20 Å². The maximum atomic E-state index is 4.59. The van der Waals surface area contributed by atoms with Crippen LogP contribution in [0.5, 0.6) is 0 Å². The summed E-state index contributed by atoms with van der Waals surface area (Å²) in [6, 6.07) is 0. The fourth-order valence-electron chi connectivity index (χ4n) is 1.87. The van der Waals surface area contributed by atoms with E-state index >= 15 is 0 Å². The zero-order valence-electron chi connectivity index (χ0n) is 11.5. The second-order valence-corrected chi connectivity index (χ2v) is 5.45. The van der Waals surface area contributed by atoms with E-state index in [1.54, 1.807) is 0 Å². The van der Waals surface area contributed by atoms with E-state index in [-0.39, 0.29) is 0 Å². The standard InChI is InChI=1S/C14H26N2/c1-11(2)8-6-7-9-16-10-14(12(3)4)15-13(16)5/h10-12H,6-9H2,1-5H3. The summed E-state index contributed by atoms with van der Waals surface area (Å²) in [6.45, 7) is 12.2. The monoisotopic (exact) mass is 222 g/mol. The van der Waals surface area contributed by atoms with Crippen molar-refractivity contribution in [2.24, 2.45) is 5.92 Å². The van der Waals surface area contributed by atoms with Crippen LogP contribution in [-0.2, 0) is 6.54 Å². The Morgan fingerprint density at radius 1 is 1.19 bits per heavy atom. The van der Waals surface area contributed by atoms with E-state index in [4.69, 9.17) is 0 Å². The zero-order chi connectivity index (χ0) is 12.1. The van der Waals surface area contributed by atoms with Crippen molar-refractivity contribution in [2.45, 2.75) is 66.3 Å². The number of unbranched alkanes of at least 4 members (excludes halogenated alkanes) is 1. The minimum Gasteiger partial charge on any atom is -0.335 e. The van der Waals surface area contributed by atoms with Crippen LogP contribution < -0.4 is 0 Å². The number of hydrogen-bond donors (Lipinski definition) is 0. The van der Waals surface area contributed by atoms with Gasteiger partial charge in [-0.05, 0) is 25.2 Å². The topological polar surface area (TPSA) is 17.8 Å². The van der Waals surface area contributed by atoms with E-state index in [2.05, 4.69) is 50.4 Å². The lowest BCUT2D eigenvalue weighted by Crippen LogP contribution is -1.99. The van der Waals surface area contributed by atoms with E-state index < -0.39 is 0 Å². The molecule has 16 heavy (non-hydrogen) atoms. The highest BCUT2D eigenvalue weighted by Gasteiger charge is 2.06. The molecule has 1 aromatic rings. The first-order valence-corrected chi connectivity index (χ1v) is 6.54. The maximum Gasteiger partial charge on any atom is 0.105 e. The van der Waals surface area contributed by atoms with Gasteiger partial charge in [0.05, 0.1) is 5.69 Å². The lowest BCUT2D eigenvalue weighted by molar-refractivity contribution is 0.505. The van der Waals surface area contributed by atoms with Crippen molar-refractivity contribution in [3.8, 4) is 0 Å². The SMILES string of the molecule is Cc1nc(C(C)C)cn1CCCCC(C)C. The molecule has 0 aliphatic heterocycles. The summed E-state index contributed by atoms with van der Waals surface area (Å²) in [4.78, 5) is 4.59. The molecule has 2 heteroatoms. The van der Waals surface area contributed by atoms with E-state index in [9.17, 15) is 0 Å². The molecular weight excluding hydrogens is 196 g/mol. The van der Waals surface area contributed by atoms with Gasteiger partial charge in [-0.2, -0.15) is 0 Å². The molecule has 0 atom stereocenters. The number of aromatic nitrogens is 2. The summed E-state index contributed by atoms with van der Waals surface area (Å²) >= 11 is 0. The van der Waals surface area contributed by atoms with Gasteiger partial charge in [-0.3, -0.25) is 0 Å². The first kappa shape index (κ1) is 13.3. The van der Waals surface area contributed by atoms with E-state index in [0.717, 1.165) is 18.3 Å². The summed E-state index contributed by atoms with van der Waals surface area (Å²) in [7, 11) is 0. The molecule has 1 aromatic heterocycles. The molecule has 0 aliphatic carbocycles. The highest BCUT2D eigenvalue weighted by molar-refractivity contribution is 5.06. The van der Waals surface area contributed by atoms with Crippen molar-refractivity contribution >= 4 is 0 Å². The van der Waals surface area contributed by atoms with Crippen LogP contribution in [0, 0.1) is 12.8 Å². The Morgan fingerprint density at radius 3 is 2.38 bits per heavy atom. The van der Waals surface area contributed by atoms with Gasteiger partial charge in [0.15, 0.2) is 0 Å². The van der Waals surface area contributed by atoms with Gasteiger partial charge in [0.25, 0.3) is 0 Å². The molecule has 1 heterocycles. The lowest BCUT2D eigenvalue weighted by atomic mass is 10.1. The second-order valence-electron chi connectivity index (χ2n) is 5.45. The van der Waals surface area contributed by atoms with Crippen LogP contribution in [0.25, 0.3) is 0 Å². The predicted molar refractivity (Wildman–Crippen MR) is 69.7 cm³/mol. The average Bonchev–Trinajstić information content (AvgIpc) is 2.55. The molecule has 0 aliphatic rings. The van der Waals surface area contributed by atoms with Gasteiger partial charge in [0.1, 0.15) is 5.82 Å². The summed E-state index contributed by atoms with van der Waals surface area (Å²) in [5.74, 6) is 2.53. The Hall–Kier alpha value is -0.790. The minimum atomic E-state index is 0.538. The molecule has 92 valence electrons. The van der Waals surface area contributed by atoms with E-state index in [0.29, 0.717) is 5.92 Å². The molecule has 0 saturated carbocycles. The third-order valence-electron chi connectivity index (χ3n) is 3.02. The van der Waals surface area contributed by atoms with E-state index in [1.165, 1.54) is 25.0 Å². The molecule has 1 rings (SSSR count). The minimum absolute atomic E-state index is 0.538. The molecule has 0 unspecified atom stereocenters. The summed E-state index contributed by atoms with van der Waals surface area (Å²) < 4.78 is 2.30. The van der Waals surface area contributed by atoms with Crippen LogP contribution in [0.2, 0.25) is 0 Å². The van der Waals surface area contributed by atoms with E-state index in [1.807, 2.05) is 0 Å². The van der Waals surface area contributed by atoms with Crippen molar-refractivity contribution in [1.29, 1.82) is 0 Å². The molecular formula is C14H26N2. The van der Waals surface area contributed by atoms with Crippen LogP contribution in [0.3, 0.4) is 0 Å². The second kappa shape index (κ2) is 6.07.